The largest absolute Gasteiger partial charge is 0.462 e. The molecular weight excluding hydrogens is 471 g/mol. The van der Waals surface area contributed by atoms with Gasteiger partial charge in [0.15, 0.2) is 0 Å². The molecule has 206 valence electrons. The summed E-state index contributed by atoms with van der Waals surface area (Å²) in [6, 6.07) is 5.27. The van der Waals surface area contributed by atoms with Crippen molar-refractivity contribution in [2.75, 3.05) is 19.8 Å². The Kier molecular flexibility index (Phi) is 13.6. The molecule has 1 N–H and O–H groups in total. The topological polar surface area (TPSA) is 72.8 Å². The van der Waals surface area contributed by atoms with Crippen LogP contribution in [0.5, 0.6) is 0 Å². The molecule has 37 heavy (non-hydrogen) atoms. The Hall–Kier alpha value is -2.47. The van der Waals surface area contributed by atoms with E-state index in [2.05, 4.69) is 20.1 Å². The van der Waals surface area contributed by atoms with Gasteiger partial charge in [0.05, 0.1) is 25.4 Å². The number of unbranched alkanes of at least 4 members (excludes halogenated alkanes) is 2. The summed E-state index contributed by atoms with van der Waals surface area (Å²) in [6.07, 6.45) is 12.6. The maximum absolute atomic E-state index is 15.0. The van der Waals surface area contributed by atoms with Gasteiger partial charge in [-0.1, -0.05) is 83.6 Å². The molecule has 1 fully saturated rings. The van der Waals surface area contributed by atoms with Crippen molar-refractivity contribution in [2.45, 2.75) is 84.5 Å². The van der Waals surface area contributed by atoms with E-state index >= 15 is 0 Å². The highest BCUT2D eigenvalue weighted by atomic mass is 19.1. The fraction of sp³-hybridized carbons (Fsp3) is 0.613. The molecule has 0 heterocycles. The summed E-state index contributed by atoms with van der Waals surface area (Å²) in [7, 11) is 0. The van der Waals surface area contributed by atoms with Crippen molar-refractivity contribution >= 4 is 11.9 Å². The zero-order valence-electron chi connectivity index (χ0n) is 22.7. The van der Waals surface area contributed by atoms with E-state index in [1.165, 1.54) is 57.4 Å². The number of esters is 2. The maximum Gasteiger partial charge on any atom is 0.335 e. The summed E-state index contributed by atoms with van der Waals surface area (Å²) >= 11 is 0. The van der Waals surface area contributed by atoms with Crippen LogP contribution in [0.3, 0.4) is 0 Å². The van der Waals surface area contributed by atoms with Gasteiger partial charge in [0.2, 0.25) is 0 Å². The minimum atomic E-state index is -0.713. The molecule has 2 rings (SSSR count). The summed E-state index contributed by atoms with van der Waals surface area (Å²) in [6.45, 7) is 10.3. The molecule has 0 saturated heterocycles. The van der Waals surface area contributed by atoms with Gasteiger partial charge in [-0.25, -0.2) is 14.0 Å². The van der Waals surface area contributed by atoms with Gasteiger partial charge in [-0.15, -0.1) is 0 Å². The molecule has 0 amide bonds. The molecule has 1 aromatic rings. The zero-order chi connectivity index (χ0) is 27.2. The van der Waals surface area contributed by atoms with Gasteiger partial charge in [-0.05, 0) is 55.2 Å². The predicted octanol–water partition coefficient (Wildman–Crippen LogP) is 6.51. The molecule has 0 radical (unpaired) electrons. The lowest BCUT2D eigenvalue weighted by Gasteiger charge is -2.28. The van der Waals surface area contributed by atoms with E-state index in [1.54, 1.807) is 6.92 Å². The second-order valence-electron chi connectivity index (χ2n) is 10.7. The quantitative estimate of drug-likeness (QED) is 0.154. The molecule has 1 saturated carbocycles. The van der Waals surface area contributed by atoms with E-state index in [0.29, 0.717) is 12.3 Å². The third kappa shape index (κ3) is 11.2. The number of benzene rings is 1. The van der Waals surface area contributed by atoms with Gasteiger partial charge < -0.3 is 14.6 Å². The van der Waals surface area contributed by atoms with E-state index in [1.807, 2.05) is 12.1 Å². The SMILES string of the molecule is C=C(C)C(=O)OCC(COC(=O)C(=C)CO)Cc1ccc(CCC2CCC(CCCCC)CC2)c(F)c1. The first kappa shape index (κ1) is 30.8. The minimum absolute atomic E-state index is 0.00490. The van der Waals surface area contributed by atoms with E-state index in [4.69, 9.17) is 14.6 Å². The number of carbonyl (C=O) groups is 2. The van der Waals surface area contributed by atoms with Gasteiger partial charge in [0, 0.05) is 11.5 Å². The van der Waals surface area contributed by atoms with Crippen LogP contribution in [0.15, 0.2) is 42.5 Å². The lowest BCUT2D eigenvalue weighted by molar-refractivity contribution is -0.144. The molecule has 5 nitrogen and oxygen atoms in total. The Bertz CT molecular complexity index is 901. The normalized spacial score (nSPS) is 18.2. The van der Waals surface area contributed by atoms with E-state index in [-0.39, 0.29) is 36.1 Å². The lowest BCUT2D eigenvalue weighted by Crippen LogP contribution is -2.24. The molecule has 0 aliphatic heterocycles. The third-order valence-electron chi connectivity index (χ3n) is 7.37. The van der Waals surface area contributed by atoms with Crippen LogP contribution in [0.4, 0.5) is 4.39 Å². The second-order valence-corrected chi connectivity index (χ2v) is 10.7. The van der Waals surface area contributed by atoms with Crippen LogP contribution in [0.1, 0.15) is 82.8 Å². The number of aliphatic hydroxyl groups excluding tert-OH is 1. The van der Waals surface area contributed by atoms with E-state index in [0.717, 1.165) is 29.9 Å². The van der Waals surface area contributed by atoms with Crippen molar-refractivity contribution in [3.8, 4) is 0 Å². The average molecular weight is 517 g/mol. The molecule has 1 atom stereocenters. The highest BCUT2D eigenvalue weighted by Gasteiger charge is 2.22. The second kappa shape index (κ2) is 16.4. The molecule has 1 unspecified atom stereocenters. The molecule has 0 spiro atoms. The van der Waals surface area contributed by atoms with Crippen molar-refractivity contribution in [3.63, 3.8) is 0 Å². The van der Waals surface area contributed by atoms with Crippen LogP contribution in [-0.2, 0) is 31.9 Å². The molecule has 1 aliphatic rings. The Morgan fingerprint density at radius 1 is 1.03 bits per heavy atom. The fourth-order valence-corrected chi connectivity index (χ4v) is 4.95. The Morgan fingerprint density at radius 2 is 1.65 bits per heavy atom. The Balaban J connectivity index is 1.89. The Labute approximate surface area is 222 Å². The van der Waals surface area contributed by atoms with Gasteiger partial charge in [-0.2, -0.15) is 0 Å². The minimum Gasteiger partial charge on any atom is -0.462 e. The molecular formula is C31H45FO5. The third-order valence-corrected chi connectivity index (χ3v) is 7.37. The van der Waals surface area contributed by atoms with Crippen LogP contribution in [-0.4, -0.2) is 36.9 Å². The summed E-state index contributed by atoms with van der Waals surface area (Å²) < 4.78 is 25.4. The number of hydrogen-bond acceptors (Lipinski definition) is 5. The van der Waals surface area contributed by atoms with E-state index in [9.17, 15) is 14.0 Å². The molecule has 6 heteroatoms. The van der Waals surface area contributed by atoms with Crippen LogP contribution in [0.25, 0.3) is 0 Å². The number of hydrogen-bond donors (Lipinski definition) is 1. The number of aryl methyl sites for hydroxylation is 1. The van der Waals surface area contributed by atoms with Crippen LogP contribution in [0.2, 0.25) is 0 Å². The van der Waals surface area contributed by atoms with Crippen molar-refractivity contribution < 1.29 is 28.6 Å². The fourth-order valence-electron chi connectivity index (χ4n) is 4.95. The van der Waals surface area contributed by atoms with Crippen LogP contribution < -0.4 is 0 Å². The molecule has 0 aromatic heterocycles. The predicted molar refractivity (Wildman–Crippen MR) is 144 cm³/mol. The van der Waals surface area contributed by atoms with Crippen molar-refractivity contribution in [2.24, 2.45) is 17.8 Å². The number of aliphatic hydroxyl groups is 1. The standard InChI is InChI=1S/C31H45FO5/c1-5-6-7-8-24-9-11-25(12-10-24)13-15-28-16-14-26(18-29(28)32)17-27(20-36-30(34)22(2)3)21-37-31(35)23(4)19-33/h14,16,18,24-25,27,33H,2,4-13,15,17,19-21H2,1,3H3. The molecule has 0 bridgehead atoms. The van der Waals surface area contributed by atoms with Gasteiger partial charge in [-0.3, -0.25) is 0 Å². The first-order valence-electron chi connectivity index (χ1n) is 13.8. The lowest BCUT2D eigenvalue weighted by atomic mass is 9.77. The summed E-state index contributed by atoms with van der Waals surface area (Å²) in [4.78, 5) is 23.7. The van der Waals surface area contributed by atoms with Crippen LogP contribution in [0, 0.1) is 23.6 Å². The Morgan fingerprint density at radius 3 is 2.22 bits per heavy atom. The smallest absolute Gasteiger partial charge is 0.335 e. The summed E-state index contributed by atoms with van der Waals surface area (Å²) in [5, 5.41) is 9.06. The highest BCUT2D eigenvalue weighted by Crippen LogP contribution is 2.34. The molecule has 1 aliphatic carbocycles. The average Bonchev–Trinajstić information content (AvgIpc) is 2.89. The number of halogens is 1. The monoisotopic (exact) mass is 516 g/mol. The number of ether oxygens (including phenoxy) is 2. The van der Waals surface area contributed by atoms with Crippen LogP contribution >= 0.6 is 0 Å². The highest BCUT2D eigenvalue weighted by molar-refractivity contribution is 5.88. The zero-order valence-corrected chi connectivity index (χ0v) is 22.7. The summed E-state index contributed by atoms with van der Waals surface area (Å²) in [5.74, 6) is -0.298. The van der Waals surface area contributed by atoms with Crippen molar-refractivity contribution in [3.05, 3.63) is 59.4 Å². The maximum atomic E-state index is 15.0. The van der Waals surface area contributed by atoms with Gasteiger partial charge in [0.1, 0.15) is 5.82 Å². The summed E-state index contributed by atoms with van der Waals surface area (Å²) in [5.41, 5.74) is 1.68. The number of carbonyl (C=O) groups excluding carboxylic acids is 2. The van der Waals surface area contributed by atoms with Crippen molar-refractivity contribution in [1.29, 1.82) is 0 Å². The first-order valence-corrected chi connectivity index (χ1v) is 13.8. The van der Waals surface area contributed by atoms with Gasteiger partial charge >= 0.3 is 11.9 Å². The van der Waals surface area contributed by atoms with Crippen molar-refractivity contribution in [1.82, 2.24) is 0 Å². The van der Waals surface area contributed by atoms with E-state index < -0.39 is 18.5 Å². The first-order chi connectivity index (χ1) is 17.7. The van der Waals surface area contributed by atoms with Gasteiger partial charge in [0.25, 0.3) is 0 Å². The molecule has 1 aromatic carbocycles. The number of rotatable bonds is 16.